The second-order valence-electron chi connectivity index (χ2n) is 16.4. The third-order valence-electron chi connectivity index (χ3n) is 13.0. The third kappa shape index (κ3) is 5.31. The Morgan fingerprint density at radius 3 is 1.34 bits per heavy atom. The van der Waals surface area contributed by atoms with Crippen LogP contribution < -0.4 is 9.47 Å². The Bertz CT molecular complexity index is 2910. The highest BCUT2D eigenvalue weighted by atomic mass is 32.1. The number of ketones is 4. The summed E-state index contributed by atoms with van der Waals surface area (Å²) in [6.07, 6.45) is 11.9. The molecule has 62 heavy (non-hydrogen) atoms. The van der Waals surface area contributed by atoms with Gasteiger partial charge in [0.15, 0.2) is 23.1 Å². The number of carbonyl (C=O) groups excluding carboxylic acids is 4. The SMILES string of the molecule is [C-]#[N+]c1cc2c(cc1C#N)C(=O)/C(=C\c1nc3c(s1)-c1cc4c(cc1C1(CCCCC1)O3)-c1sc(C=C3C(=O)c5cc(C#N)c(C#N)cc5C3=O)nc1OC41CCCCC1)C2=O. The van der Waals surface area contributed by atoms with E-state index in [4.69, 9.17) is 26.0 Å². The molecule has 14 heteroatoms. The fourth-order valence-corrected chi connectivity index (χ4v) is 12.0. The first-order valence-electron chi connectivity index (χ1n) is 20.2. The average Bonchev–Trinajstić information content (AvgIpc) is 4.02. The quantitative estimate of drug-likeness (QED) is 0.0934. The molecule has 0 atom stereocenters. The fourth-order valence-electron chi connectivity index (χ4n) is 10.0. The van der Waals surface area contributed by atoms with Crippen LogP contribution in [0.2, 0.25) is 0 Å². The number of thiazole rings is 2. The van der Waals surface area contributed by atoms with Gasteiger partial charge >= 0.3 is 0 Å². The number of hydrogen-bond acceptors (Lipinski definition) is 13. The topological polar surface area (TPSA) is 188 Å². The van der Waals surface area contributed by atoms with E-state index in [1.54, 1.807) is 0 Å². The van der Waals surface area contributed by atoms with Crippen LogP contribution in [0.5, 0.6) is 11.8 Å². The molecule has 2 spiro atoms. The van der Waals surface area contributed by atoms with Crippen molar-refractivity contribution in [2.75, 3.05) is 0 Å². The van der Waals surface area contributed by atoms with Gasteiger partial charge in [-0.1, -0.05) is 12.8 Å². The number of fused-ring (bicyclic) bond motifs is 10. The first-order chi connectivity index (χ1) is 30.1. The molecule has 2 fully saturated rings. The molecule has 2 aliphatic heterocycles. The van der Waals surface area contributed by atoms with E-state index in [9.17, 15) is 35.0 Å². The second-order valence-corrected chi connectivity index (χ2v) is 18.4. The smallest absolute Gasteiger partial charge is 0.234 e. The van der Waals surface area contributed by atoms with E-state index in [0.29, 0.717) is 21.8 Å². The Balaban J connectivity index is 1.04. The van der Waals surface area contributed by atoms with Gasteiger partial charge in [-0.25, -0.2) is 14.8 Å². The van der Waals surface area contributed by atoms with Gasteiger partial charge in [-0.15, -0.1) is 22.7 Å². The maximum Gasteiger partial charge on any atom is 0.234 e. The number of nitriles is 3. The van der Waals surface area contributed by atoms with Crippen LogP contribution in [0.25, 0.3) is 37.9 Å². The second kappa shape index (κ2) is 13.6. The van der Waals surface area contributed by atoms with Gasteiger partial charge in [0.05, 0.1) is 50.2 Å². The predicted octanol–water partition coefficient (Wildman–Crippen LogP) is 10.1. The van der Waals surface area contributed by atoms with Gasteiger partial charge < -0.3 is 9.47 Å². The van der Waals surface area contributed by atoms with Gasteiger partial charge in [-0.3, -0.25) is 19.2 Å². The Hall–Kier alpha value is -7.36. The van der Waals surface area contributed by atoms with Crippen LogP contribution in [-0.2, 0) is 11.2 Å². The van der Waals surface area contributed by atoms with Crippen molar-refractivity contribution in [3.05, 3.63) is 119 Å². The summed E-state index contributed by atoms with van der Waals surface area (Å²) in [5.41, 5.74) is 2.82. The van der Waals surface area contributed by atoms with Crippen LogP contribution in [0, 0.1) is 40.6 Å². The molecule has 3 aromatic carbocycles. The van der Waals surface area contributed by atoms with Crippen molar-refractivity contribution in [3.8, 4) is 50.8 Å². The lowest BCUT2D eigenvalue weighted by Crippen LogP contribution is -2.40. The number of aromatic nitrogens is 2. The number of allylic oxidation sites excluding steroid dienone is 2. The van der Waals surface area contributed by atoms with Gasteiger partial charge in [-0.2, -0.15) is 15.8 Å². The zero-order valence-electron chi connectivity index (χ0n) is 32.6. The lowest BCUT2D eigenvalue weighted by molar-refractivity contribution is 0.0162. The van der Waals surface area contributed by atoms with Crippen molar-refractivity contribution in [2.45, 2.75) is 75.4 Å². The molecule has 298 valence electrons. The number of carbonyl (C=O) groups is 4. The summed E-state index contributed by atoms with van der Waals surface area (Å²) in [5.74, 6) is -1.23. The molecule has 0 unspecified atom stereocenters. The highest BCUT2D eigenvalue weighted by molar-refractivity contribution is 7.17. The summed E-state index contributed by atoms with van der Waals surface area (Å²) in [5, 5.41) is 29.5. The Morgan fingerprint density at radius 2 is 0.952 bits per heavy atom. The van der Waals surface area contributed by atoms with E-state index >= 15 is 0 Å². The standard InChI is InChI=1S/C48H28N6O6S2/c1-52-36-17-29-28(14-25(36)22-51)41(57)33(42(29)58)19-38-54-46-44(62-38)31-16-34-30(15-35(31)48(60-46)10-6-3-7-11-48)43-45(59-47(34)8-4-2-5-9-47)53-37(61-43)18-32-39(55)26-12-23(20-49)24(21-50)13-27(26)40(32)56/h12-19H,2-11H2/b33-19+. The van der Waals surface area contributed by atoms with Crippen molar-refractivity contribution >= 4 is 63.6 Å². The molecule has 5 aromatic rings. The van der Waals surface area contributed by atoms with Crippen LogP contribution in [0.1, 0.15) is 143 Å². The molecular weight excluding hydrogens is 821 g/mol. The number of Topliss-reactive ketones (excluding diaryl/α,β-unsaturated/α-hetero) is 4. The molecule has 4 heterocycles. The molecule has 6 aliphatic rings. The van der Waals surface area contributed by atoms with Crippen molar-refractivity contribution in [3.63, 3.8) is 0 Å². The summed E-state index contributed by atoms with van der Waals surface area (Å²) in [7, 11) is 0. The van der Waals surface area contributed by atoms with E-state index in [0.717, 1.165) is 96.2 Å². The molecule has 0 radical (unpaired) electrons. The molecular formula is C48H28N6O6S2. The normalized spacial score (nSPS) is 18.9. The van der Waals surface area contributed by atoms with E-state index in [-0.39, 0.29) is 55.8 Å². The molecule has 0 N–H and O–H groups in total. The highest BCUT2D eigenvalue weighted by Gasteiger charge is 2.49. The predicted molar refractivity (Wildman–Crippen MR) is 226 cm³/mol. The molecule has 4 aliphatic carbocycles. The number of ether oxygens (including phenoxy) is 2. The van der Waals surface area contributed by atoms with Crippen molar-refractivity contribution < 1.29 is 28.7 Å². The average molecular weight is 849 g/mol. The summed E-state index contributed by atoms with van der Waals surface area (Å²) < 4.78 is 13.9. The molecule has 0 bridgehead atoms. The van der Waals surface area contributed by atoms with Crippen molar-refractivity contribution in [1.29, 1.82) is 15.8 Å². The highest BCUT2D eigenvalue weighted by Crippen LogP contribution is 2.59. The Morgan fingerprint density at radius 1 is 0.565 bits per heavy atom. The maximum atomic E-state index is 13.6. The lowest BCUT2D eigenvalue weighted by Gasteiger charge is -2.45. The minimum Gasteiger partial charge on any atom is -0.465 e. The zero-order valence-corrected chi connectivity index (χ0v) is 34.3. The van der Waals surface area contributed by atoms with Gasteiger partial charge in [0.25, 0.3) is 0 Å². The van der Waals surface area contributed by atoms with E-state index in [1.807, 2.05) is 18.2 Å². The minimum atomic E-state index is -0.695. The molecule has 2 aromatic heterocycles. The lowest BCUT2D eigenvalue weighted by atomic mass is 9.71. The van der Waals surface area contributed by atoms with Crippen LogP contribution >= 0.6 is 22.7 Å². The number of benzene rings is 3. The fraction of sp³-hybridized carbons (Fsp3) is 0.250. The monoisotopic (exact) mass is 848 g/mol. The number of nitrogens with zero attached hydrogens (tertiary/aromatic N) is 6. The number of rotatable bonds is 2. The third-order valence-corrected chi connectivity index (χ3v) is 15.1. The zero-order chi connectivity index (χ0) is 42.7. The molecule has 0 amide bonds. The van der Waals surface area contributed by atoms with E-state index in [1.165, 1.54) is 59.1 Å². The minimum absolute atomic E-state index is 0.0136. The van der Waals surface area contributed by atoms with E-state index < -0.39 is 34.3 Å². The molecule has 0 saturated heterocycles. The molecule has 2 saturated carbocycles. The molecule has 11 rings (SSSR count). The van der Waals surface area contributed by atoms with Gasteiger partial charge in [0, 0.05) is 44.5 Å². The van der Waals surface area contributed by atoms with Gasteiger partial charge in [-0.05, 0) is 99.9 Å². The van der Waals surface area contributed by atoms with Crippen molar-refractivity contribution in [2.24, 2.45) is 0 Å². The van der Waals surface area contributed by atoms with Gasteiger partial charge in [0.1, 0.15) is 33.4 Å². The maximum absolute atomic E-state index is 13.6. The largest absolute Gasteiger partial charge is 0.465 e. The van der Waals surface area contributed by atoms with Crippen LogP contribution in [0.3, 0.4) is 0 Å². The number of hydrogen-bond donors (Lipinski definition) is 0. The van der Waals surface area contributed by atoms with Crippen LogP contribution in [0.4, 0.5) is 5.69 Å². The Labute approximate surface area is 361 Å². The summed E-state index contributed by atoms with van der Waals surface area (Å²) >= 11 is 2.65. The summed E-state index contributed by atoms with van der Waals surface area (Å²) in [6.45, 7) is 7.46. The van der Waals surface area contributed by atoms with Crippen LogP contribution in [0.15, 0.2) is 47.5 Å². The summed E-state index contributed by atoms with van der Waals surface area (Å²) in [4.78, 5) is 69.2. The van der Waals surface area contributed by atoms with E-state index in [2.05, 4.69) is 17.0 Å². The Kier molecular flexibility index (Phi) is 8.24. The molecule has 12 nitrogen and oxygen atoms in total. The summed E-state index contributed by atoms with van der Waals surface area (Å²) in [6, 6.07) is 15.5. The van der Waals surface area contributed by atoms with Crippen molar-refractivity contribution in [1.82, 2.24) is 9.97 Å². The first kappa shape index (κ1) is 37.6. The first-order valence-corrected chi connectivity index (χ1v) is 21.9. The van der Waals surface area contributed by atoms with Crippen LogP contribution in [-0.4, -0.2) is 33.1 Å². The van der Waals surface area contributed by atoms with Gasteiger partial charge in [0.2, 0.25) is 17.4 Å².